The highest BCUT2D eigenvalue weighted by Crippen LogP contribution is 2.11. The highest BCUT2D eigenvalue weighted by Gasteiger charge is 2.20. The Morgan fingerprint density at radius 3 is 2.39 bits per heavy atom. The van der Waals surface area contributed by atoms with Crippen molar-refractivity contribution in [3.05, 3.63) is 17.5 Å². The minimum atomic E-state index is -0.423. The van der Waals surface area contributed by atoms with Crippen LogP contribution in [0.1, 0.15) is 37.0 Å². The molecule has 0 aromatic carbocycles. The van der Waals surface area contributed by atoms with E-state index in [4.69, 9.17) is 4.52 Å². The van der Waals surface area contributed by atoms with E-state index in [1.165, 1.54) is 0 Å². The molecule has 18 heavy (non-hydrogen) atoms. The normalized spacial score (nSPS) is 11.1. The van der Waals surface area contributed by atoms with E-state index in [9.17, 15) is 9.59 Å². The molecule has 0 spiro atoms. The lowest BCUT2D eigenvalue weighted by Gasteiger charge is -2.17. The van der Waals surface area contributed by atoms with Gasteiger partial charge in [0, 0.05) is 24.6 Å². The van der Waals surface area contributed by atoms with Gasteiger partial charge in [0.25, 0.3) is 5.91 Å². The second kappa shape index (κ2) is 5.66. The Bertz CT molecular complexity index is 432. The van der Waals surface area contributed by atoms with Crippen molar-refractivity contribution < 1.29 is 14.1 Å². The summed E-state index contributed by atoms with van der Waals surface area (Å²) in [5.74, 6) is 0.229. The van der Waals surface area contributed by atoms with Gasteiger partial charge in [0.05, 0.1) is 0 Å². The van der Waals surface area contributed by atoms with Crippen LogP contribution in [0.3, 0.4) is 0 Å². The summed E-state index contributed by atoms with van der Waals surface area (Å²) in [6, 6.07) is 1.56. The van der Waals surface area contributed by atoms with Crippen molar-refractivity contribution in [1.29, 1.82) is 0 Å². The summed E-state index contributed by atoms with van der Waals surface area (Å²) in [5, 5.41) is 8.97. The summed E-state index contributed by atoms with van der Waals surface area (Å²) in [6.07, 6.45) is 0. The number of aryl methyl sites for hydroxylation is 1. The van der Waals surface area contributed by atoms with Gasteiger partial charge in [0.2, 0.25) is 5.91 Å². The maximum atomic E-state index is 11.6. The van der Waals surface area contributed by atoms with Crippen LogP contribution in [0.25, 0.3) is 0 Å². The molecule has 1 aromatic heterocycles. The van der Waals surface area contributed by atoms with Gasteiger partial charge in [-0.3, -0.25) is 9.59 Å². The molecule has 0 unspecified atom stereocenters. The average molecular weight is 253 g/mol. The first-order valence-electron chi connectivity index (χ1n) is 5.80. The number of carbonyl (C=O) groups excluding carboxylic acids is 2. The SMILES string of the molecule is Cc1cc(C(=O)NCCNC(=O)C(C)(C)C)no1. The monoisotopic (exact) mass is 253 g/mol. The van der Waals surface area contributed by atoms with Gasteiger partial charge in [-0.05, 0) is 6.92 Å². The predicted octanol–water partition coefficient (Wildman–Crippen LogP) is 0.875. The highest BCUT2D eigenvalue weighted by molar-refractivity contribution is 5.92. The Kier molecular flexibility index (Phi) is 4.47. The Labute approximate surface area is 106 Å². The lowest BCUT2D eigenvalue weighted by atomic mass is 9.96. The van der Waals surface area contributed by atoms with Gasteiger partial charge < -0.3 is 15.2 Å². The summed E-state index contributed by atoms with van der Waals surface area (Å²) in [6.45, 7) is 7.95. The Morgan fingerprint density at radius 1 is 1.28 bits per heavy atom. The van der Waals surface area contributed by atoms with E-state index in [2.05, 4.69) is 15.8 Å². The molecule has 100 valence electrons. The summed E-state index contributed by atoms with van der Waals surface area (Å²) in [4.78, 5) is 23.1. The van der Waals surface area contributed by atoms with Crippen molar-refractivity contribution in [1.82, 2.24) is 15.8 Å². The lowest BCUT2D eigenvalue weighted by Crippen LogP contribution is -2.39. The number of nitrogens with one attached hydrogen (secondary N) is 2. The lowest BCUT2D eigenvalue weighted by molar-refractivity contribution is -0.128. The second-order valence-electron chi connectivity index (χ2n) is 5.08. The van der Waals surface area contributed by atoms with Crippen molar-refractivity contribution in [2.24, 2.45) is 5.41 Å². The van der Waals surface area contributed by atoms with Crippen LogP contribution in [0.2, 0.25) is 0 Å². The molecule has 2 N–H and O–H groups in total. The largest absolute Gasteiger partial charge is 0.361 e. The van der Waals surface area contributed by atoms with Gasteiger partial charge in [0.1, 0.15) is 5.76 Å². The summed E-state index contributed by atoms with van der Waals surface area (Å²) in [5.41, 5.74) is -0.178. The van der Waals surface area contributed by atoms with Crippen LogP contribution in [-0.2, 0) is 4.79 Å². The van der Waals surface area contributed by atoms with E-state index in [0.29, 0.717) is 18.8 Å². The zero-order chi connectivity index (χ0) is 13.8. The van der Waals surface area contributed by atoms with E-state index in [0.717, 1.165) is 0 Å². The van der Waals surface area contributed by atoms with Crippen LogP contribution in [0.4, 0.5) is 0 Å². The van der Waals surface area contributed by atoms with E-state index in [1.54, 1.807) is 13.0 Å². The van der Waals surface area contributed by atoms with Gasteiger partial charge in [-0.25, -0.2) is 0 Å². The van der Waals surface area contributed by atoms with Crippen LogP contribution < -0.4 is 10.6 Å². The van der Waals surface area contributed by atoms with Crippen LogP contribution in [0.5, 0.6) is 0 Å². The van der Waals surface area contributed by atoms with E-state index in [-0.39, 0.29) is 17.5 Å². The molecule has 0 fully saturated rings. The zero-order valence-corrected chi connectivity index (χ0v) is 11.2. The molecule has 1 heterocycles. The maximum absolute atomic E-state index is 11.6. The quantitative estimate of drug-likeness (QED) is 0.780. The molecule has 0 bridgehead atoms. The number of nitrogens with zero attached hydrogens (tertiary/aromatic N) is 1. The van der Waals surface area contributed by atoms with Crippen molar-refractivity contribution in [2.45, 2.75) is 27.7 Å². The highest BCUT2D eigenvalue weighted by atomic mass is 16.5. The standard InChI is InChI=1S/C12H19N3O3/c1-8-7-9(15-18-8)10(16)13-5-6-14-11(17)12(2,3)4/h7H,5-6H2,1-4H3,(H,13,16)(H,14,17). The van der Waals surface area contributed by atoms with Gasteiger partial charge in [0.15, 0.2) is 5.69 Å². The number of hydrogen-bond acceptors (Lipinski definition) is 4. The number of amides is 2. The van der Waals surface area contributed by atoms with Gasteiger partial charge in [-0.2, -0.15) is 0 Å². The predicted molar refractivity (Wildman–Crippen MR) is 66.0 cm³/mol. The molecule has 0 aliphatic rings. The molecule has 0 radical (unpaired) electrons. The van der Waals surface area contributed by atoms with Crippen LogP contribution >= 0.6 is 0 Å². The minimum Gasteiger partial charge on any atom is -0.361 e. The molecule has 1 aromatic rings. The van der Waals surface area contributed by atoms with Crippen molar-refractivity contribution in [3.63, 3.8) is 0 Å². The first-order valence-corrected chi connectivity index (χ1v) is 5.80. The molecular formula is C12H19N3O3. The van der Waals surface area contributed by atoms with Crippen molar-refractivity contribution >= 4 is 11.8 Å². The average Bonchev–Trinajstić information content (AvgIpc) is 2.69. The Balaban J connectivity index is 2.27. The molecule has 2 amide bonds. The Hall–Kier alpha value is -1.85. The van der Waals surface area contributed by atoms with Crippen LogP contribution in [0, 0.1) is 12.3 Å². The first-order chi connectivity index (χ1) is 8.30. The molecular weight excluding hydrogens is 234 g/mol. The number of rotatable bonds is 4. The van der Waals surface area contributed by atoms with Gasteiger partial charge >= 0.3 is 0 Å². The van der Waals surface area contributed by atoms with Gasteiger partial charge in [-0.1, -0.05) is 25.9 Å². The zero-order valence-electron chi connectivity index (χ0n) is 11.2. The third-order valence-electron chi connectivity index (χ3n) is 2.24. The topological polar surface area (TPSA) is 84.2 Å². The Morgan fingerprint density at radius 2 is 1.89 bits per heavy atom. The molecule has 6 nitrogen and oxygen atoms in total. The second-order valence-corrected chi connectivity index (χ2v) is 5.08. The molecule has 6 heteroatoms. The maximum Gasteiger partial charge on any atom is 0.273 e. The number of hydrogen-bond donors (Lipinski definition) is 2. The summed E-state index contributed by atoms with van der Waals surface area (Å²) < 4.78 is 4.79. The fourth-order valence-electron chi connectivity index (χ4n) is 1.18. The number of aromatic nitrogens is 1. The smallest absolute Gasteiger partial charge is 0.273 e. The molecule has 0 saturated heterocycles. The van der Waals surface area contributed by atoms with Crippen LogP contribution in [0.15, 0.2) is 10.6 Å². The van der Waals surface area contributed by atoms with Crippen molar-refractivity contribution in [3.8, 4) is 0 Å². The van der Waals surface area contributed by atoms with E-state index >= 15 is 0 Å². The third kappa shape index (κ3) is 4.20. The summed E-state index contributed by atoms with van der Waals surface area (Å²) >= 11 is 0. The molecule has 0 saturated carbocycles. The van der Waals surface area contributed by atoms with Crippen molar-refractivity contribution in [2.75, 3.05) is 13.1 Å². The van der Waals surface area contributed by atoms with E-state index in [1.807, 2.05) is 20.8 Å². The number of carbonyl (C=O) groups is 2. The third-order valence-corrected chi connectivity index (χ3v) is 2.24. The molecule has 0 atom stereocenters. The van der Waals surface area contributed by atoms with Gasteiger partial charge in [-0.15, -0.1) is 0 Å². The molecule has 0 aliphatic carbocycles. The van der Waals surface area contributed by atoms with E-state index < -0.39 is 5.41 Å². The first kappa shape index (κ1) is 14.2. The fraction of sp³-hybridized carbons (Fsp3) is 0.583. The minimum absolute atomic E-state index is 0.0472. The fourth-order valence-corrected chi connectivity index (χ4v) is 1.18. The molecule has 0 aliphatic heterocycles. The summed E-state index contributed by atoms with van der Waals surface area (Å²) in [7, 11) is 0. The molecule has 1 rings (SSSR count). The van der Waals surface area contributed by atoms with Crippen LogP contribution in [-0.4, -0.2) is 30.1 Å².